The molecule has 0 radical (unpaired) electrons. The van der Waals surface area contributed by atoms with Crippen molar-refractivity contribution in [2.24, 2.45) is 16.1 Å². The maximum Gasteiger partial charge on any atom is 0.191 e. The minimum atomic E-state index is 0.252. The van der Waals surface area contributed by atoms with E-state index in [1.54, 1.807) is 7.11 Å². The van der Waals surface area contributed by atoms with Gasteiger partial charge in [0, 0.05) is 25.6 Å². The predicted molar refractivity (Wildman–Crippen MR) is 70.1 cm³/mol. The van der Waals surface area contributed by atoms with Gasteiger partial charge in [0.1, 0.15) is 0 Å². The lowest BCUT2D eigenvalue weighted by atomic mass is 9.74. The lowest BCUT2D eigenvalue weighted by Gasteiger charge is -2.36. The quantitative estimate of drug-likeness (QED) is 0.599. The Hall–Kier alpha value is -0.770. The first-order valence-electron chi connectivity index (χ1n) is 6.80. The van der Waals surface area contributed by atoms with Crippen molar-refractivity contribution in [3.8, 4) is 0 Å². The van der Waals surface area contributed by atoms with Crippen LogP contribution < -0.4 is 5.73 Å². The van der Waals surface area contributed by atoms with Gasteiger partial charge in [0.15, 0.2) is 5.96 Å². The van der Waals surface area contributed by atoms with E-state index in [4.69, 9.17) is 10.5 Å². The van der Waals surface area contributed by atoms with Gasteiger partial charge in [-0.15, -0.1) is 0 Å². The first-order valence-corrected chi connectivity index (χ1v) is 6.80. The summed E-state index contributed by atoms with van der Waals surface area (Å²) in [5.41, 5.74) is 6.24. The highest BCUT2D eigenvalue weighted by Gasteiger charge is 2.32. The normalized spacial score (nSPS) is 24.5. The van der Waals surface area contributed by atoms with E-state index in [9.17, 15) is 0 Å². The maximum absolute atomic E-state index is 5.99. The first-order chi connectivity index (χ1) is 8.26. The second-order valence-corrected chi connectivity index (χ2v) is 5.51. The van der Waals surface area contributed by atoms with Crippen molar-refractivity contribution >= 4 is 5.96 Å². The van der Waals surface area contributed by atoms with Crippen LogP contribution in [0.4, 0.5) is 0 Å². The van der Waals surface area contributed by atoms with Gasteiger partial charge in [-0.2, -0.15) is 0 Å². The van der Waals surface area contributed by atoms with Gasteiger partial charge in [-0.1, -0.05) is 19.3 Å². The summed E-state index contributed by atoms with van der Waals surface area (Å²) in [6, 6.07) is 0. The molecule has 1 saturated carbocycles. The van der Waals surface area contributed by atoms with E-state index in [0.717, 1.165) is 32.2 Å². The smallest absolute Gasteiger partial charge is 0.191 e. The summed E-state index contributed by atoms with van der Waals surface area (Å²) in [5, 5.41) is 0. The number of ether oxygens (including phenoxy) is 1. The Balaban J connectivity index is 1.91. The molecule has 98 valence electrons. The molecule has 0 unspecified atom stereocenters. The maximum atomic E-state index is 5.99. The third-order valence-corrected chi connectivity index (χ3v) is 4.12. The molecule has 2 N–H and O–H groups in total. The highest BCUT2D eigenvalue weighted by Crippen LogP contribution is 2.36. The van der Waals surface area contributed by atoms with Crippen LogP contribution >= 0.6 is 0 Å². The molecule has 2 fully saturated rings. The Labute approximate surface area is 104 Å². The number of nitrogens with two attached hydrogens (primary N) is 1. The Kier molecular flexibility index (Phi) is 4.26. The van der Waals surface area contributed by atoms with Crippen molar-refractivity contribution < 1.29 is 4.74 Å². The van der Waals surface area contributed by atoms with Crippen LogP contribution in [0.1, 0.15) is 38.5 Å². The molecule has 0 spiro atoms. The molecular formula is C13H25N3O. The number of nitrogens with zero attached hydrogens (tertiary/aromatic N) is 2. The standard InChI is InChI=1S/C13H25N3O/c1-17-11-13(6-3-2-4-7-13)10-15-12(14)16-8-5-9-16/h2-11H2,1H3,(H2,14,15). The molecule has 17 heavy (non-hydrogen) atoms. The minimum Gasteiger partial charge on any atom is -0.384 e. The summed E-state index contributed by atoms with van der Waals surface area (Å²) < 4.78 is 5.39. The fourth-order valence-electron chi connectivity index (χ4n) is 2.85. The van der Waals surface area contributed by atoms with E-state index in [-0.39, 0.29) is 5.41 Å². The Morgan fingerprint density at radius 2 is 1.94 bits per heavy atom. The third kappa shape index (κ3) is 3.12. The zero-order chi connectivity index (χ0) is 12.1. The first kappa shape index (κ1) is 12.7. The van der Waals surface area contributed by atoms with Gasteiger partial charge in [-0.3, -0.25) is 4.99 Å². The van der Waals surface area contributed by atoms with E-state index in [2.05, 4.69) is 9.89 Å². The molecule has 1 heterocycles. The van der Waals surface area contributed by atoms with Crippen molar-refractivity contribution in [3.05, 3.63) is 0 Å². The largest absolute Gasteiger partial charge is 0.384 e. The summed E-state index contributed by atoms with van der Waals surface area (Å²) in [7, 11) is 1.79. The van der Waals surface area contributed by atoms with Crippen molar-refractivity contribution in [2.45, 2.75) is 38.5 Å². The van der Waals surface area contributed by atoms with Gasteiger partial charge in [0.2, 0.25) is 0 Å². The molecule has 0 bridgehead atoms. The molecule has 2 aliphatic rings. The monoisotopic (exact) mass is 239 g/mol. The Morgan fingerprint density at radius 1 is 1.24 bits per heavy atom. The van der Waals surface area contributed by atoms with Crippen LogP contribution in [0.15, 0.2) is 4.99 Å². The van der Waals surface area contributed by atoms with Gasteiger partial charge in [0.25, 0.3) is 0 Å². The second-order valence-electron chi connectivity index (χ2n) is 5.51. The SMILES string of the molecule is COCC1(CN=C(N)N2CCC2)CCCCC1. The van der Waals surface area contributed by atoms with Crippen LogP contribution in [-0.2, 0) is 4.74 Å². The molecular weight excluding hydrogens is 214 g/mol. The van der Waals surface area contributed by atoms with Crippen molar-refractivity contribution in [1.29, 1.82) is 0 Å². The average Bonchev–Trinajstić information content (AvgIpc) is 2.26. The number of hydrogen-bond acceptors (Lipinski definition) is 2. The van der Waals surface area contributed by atoms with Crippen LogP contribution in [0.25, 0.3) is 0 Å². The number of guanidine groups is 1. The van der Waals surface area contributed by atoms with Crippen LogP contribution in [0.2, 0.25) is 0 Å². The second kappa shape index (κ2) is 5.71. The van der Waals surface area contributed by atoms with Gasteiger partial charge < -0.3 is 15.4 Å². The number of likely N-dealkylation sites (tertiary alicyclic amines) is 1. The summed E-state index contributed by atoms with van der Waals surface area (Å²) in [5.74, 6) is 0.734. The van der Waals surface area contributed by atoms with Crippen LogP contribution in [0, 0.1) is 5.41 Å². The highest BCUT2D eigenvalue weighted by molar-refractivity contribution is 5.78. The van der Waals surface area contributed by atoms with E-state index >= 15 is 0 Å². The minimum absolute atomic E-state index is 0.252. The summed E-state index contributed by atoms with van der Waals surface area (Å²) in [4.78, 5) is 6.76. The molecule has 0 aromatic heterocycles. The fraction of sp³-hybridized carbons (Fsp3) is 0.923. The van der Waals surface area contributed by atoms with Gasteiger partial charge >= 0.3 is 0 Å². The molecule has 0 amide bonds. The fourth-order valence-corrected chi connectivity index (χ4v) is 2.85. The molecule has 1 saturated heterocycles. The van der Waals surface area contributed by atoms with Crippen molar-refractivity contribution in [2.75, 3.05) is 33.4 Å². The number of methoxy groups -OCH3 is 1. The van der Waals surface area contributed by atoms with Crippen molar-refractivity contribution in [1.82, 2.24) is 4.90 Å². The number of hydrogen-bond donors (Lipinski definition) is 1. The van der Waals surface area contributed by atoms with E-state index in [1.807, 2.05) is 0 Å². The summed E-state index contributed by atoms with van der Waals surface area (Å²) in [6.45, 7) is 3.81. The lowest BCUT2D eigenvalue weighted by molar-refractivity contribution is 0.0552. The third-order valence-electron chi connectivity index (χ3n) is 4.12. The molecule has 0 aromatic carbocycles. The van der Waals surface area contributed by atoms with Gasteiger partial charge in [0.05, 0.1) is 13.2 Å². The van der Waals surface area contributed by atoms with Crippen LogP contribution in [0.3, 0.4) is 0 Å². The van der Waals surface area contributed by atoms with E-state index < -0.39 is 0 Å². The van der Waals surface area contributed by atoms with Gasteiger partial charge in [-0.25, -0.2) is 0 Å². The molecule has 4 heteroatoms. The van der Waals surface area contributed by atoms with Gasteiger partial charge in [-0.05, 0) is 19.3 Å². The molecule has 1 aliphatic heterocycles. The summed E-state index contributed by atoms with van der Waals surface area (Å²) >= 11 is 0. The number of rotatable bonds is 4. The Morgan fingerprint density at radius 3 is 2.47 bits per heavy atom. The highest BCUT2D eigenvalue weighted by atomic mass is 16.5. The van der Waals surface area contributed by atoms with E-state index in [0.29, 0.717) is 0 Å². The molecule has 0 aromatic rings. The van der Waals surface area contributed by atoms with Crippen LogP contribution in [0.5, 0.6) is 0 Å². The molecule has 2 rings (SSSR count). The Bertz CT molecular complexity index is 262. The topological polar surface area (TPSA) is 50.9 Å². The predicted octanol–water partition coefficient (Wildman–Crippen LogP) is 1.60. The molecule has 4 nitrogen and oxygen atoms in total. The van der Waals surface area contributed by atoms with Crippen molar-refractivity contribution in [3.63, 3.8) is 0 Å². The zero-order valence-electron chi connectivity index (χ0n) is 11.0. The van der Waals surface area contributed by atoms with Crippen LogP contribution in [-0.4, -0.2) is 44.2 Å². The lowest BCUT2D eigenvalue weighted by Crippen LogP contribution is -2.47. The molecule has 0 atom stereocenters. The molecule has 1 aliphatic carbocycles. The summed E-state index contributed by atoms with van der Waals surface area (Å²) in [6.07, 6.45) is 7.69. The van der Waals surface area contributed by atoms with E-state index in [1.165, 1.54) is 38.5 Å². The average molecular weight is 239 g/mol. The number of aliphatic imine (C=N–C) groups is 1. The zero-order valence-corrected chi connectivity index (χ0v) is 11.0.